The van der Waals surface area contributed by atoms with Gasteiger partial charge < -0.3 is 4.90 Å². The molecule has 7 nitrogen and oxygen atoms in total. The van der Waals surface area contributed by atoms with Crippen molar-refractivity contribution in [2.45, 2.75) is 6.42 Å². The second-order valence-electron chi connectivity index (χ2n) is 5.54. The summed E-state index contributed by atoms with van der Waals surface area (Å²) in [6.45, 7) is 0. The molecule has 1 aromatic carbocycles. The standard InChI is InChI=1S/C13H15N4O2.C3H9N.Sn/c1-18-10-4-3-8(6-11(10)19-2)5-9-7-16-13(15)17-12(9)14;1-4(2)3;/h3,6-7H,5H2,1-2H3,(H4,14,15,16,17);1-3H3;. The number of benzene rings is 1. The van der Waals surface area contributed by atoms with Gasteiger partial charge in [0.15, 0.2) is 0 Å². The first-order valence-electron chi connectivity index (χ1n) is 7.22. The summed E-state index contributed by atoms with van der Waals surface area (Å²) in [7, 11) is 9.26. The first-order chi connectivity index (χ1) is 11.3. The molecule has 0 fully saturated rings. The summed E-state index contributed by atoms with van der Waals surface area (Å²) >= 11 is 1.25. The van der Waals surface area contributed by atoms with Crippen LogP contribution in [-0.4, -0.2) is 72.8 Å². The molecular formula is C16H24N5O2Sn. The van der Waals surface area contributed by atoms with Crippen molar-refractivity contribution in [1.82, 2.24) is 14.9 Å². The number of hydrogen-bond donors (Lipinski definition) is 2. The van der Waals surface area contributed by atoms with Crippen LogP contribution in [0.1, 0.15) is 11.1 Å². The van der Waals surface area contributed by atoms with E-state index in [9.17, 15) is 0 Å². The summed E-state index contributed by atoms with van der Waals surface area (Å²) < 4.78 is 11.8. The fraction of sp³-hybridized carbons (Fsp3) is 0.375. The van der Waals surface area contributed by atoms with E-state index in [4.69, 9.17) is 20.9 Å². The van der Waals surface area contributed by atoms with Gasteiger partial charge in [-0.3, -0.25) is 0 Å². The van der Waals surface area contributed by atoms with Gasteiger partial charge in [0.05, 0.1) is 0 Å². The Hall–Kier alpha value is -1.74. The van der Waals surface area contributed by atoms with Crippen molar-refractivity contribution in [1.29, 1.82) is 0 Å². The Kier molecular flexibility index (Phi) is 8.06. The van der Waals surface area contributed by atoms with Crippen LogP contribution >= 0.6 is 0 Å². The number of nitrogens with two attached hydrogens (primary N) is 2. The van der Waals surface area contributed by atoms with Crippen molar-refractivity contribution in [2.75, 3.05) is 46.8 Å². The predicted molar refractivity (Wildman–Crippen MR) is 98.2 cm³/mol. The number of ether oxygens (including phenoxy) is 2. The molecule has 0 saturated carbocycles. The van der Waals surface area contributed by atoms with Crippen LogP contribution < -0.4 is 24.5 Å². The van der Waals surface area contributed by atoms with Gasteiger partial charge in [-0.1, -0.05) is 0 Å². The minimum atomic E-state index is 0.180. The summed E-state index contributed by atoms with van der Waals surface area (Å²) in [5.74, 6) is 2.07. The molecule has 2 aromatic rings. The first kappa shape index (κ1) is 20.3. The number of anilines is 2. The van der Waals surface area contributed by atoms with E-state index in [0.29, 0.717) is 18.0 Å². The van der Waals surface area contributed by atoms with Gasteiger partial charge in [-0.05, 0) is 21.1 Å². The zero-order chi connectivity index (χ0) is 18.3. The topological polar surface area (TPSA) is 99.5 Å². The number of nitrogens with zero attached hydrogens (tertiary/aromatic N) is 3. The fourth-order valence-electron chi connectivity index (χ4n) is 1.91. The van der Waals surface area contributed by atoms with E-state index in [2.05, 4.69) is 16.0 Å². The number of methoxy groups -OCH3 is 2. The summed E-state index contributed by atoms with van der Waals surface area (Å²) in [6, 6.07) is 4.00. The quantitative estimate of drug-likeness (QED) is 0.661. The van der Waals surface area contributed by atoms with Crippen molar-refractivity contribution >= 4 is 37.9 Å². The van der Waals surface area contributed by atoms with E-state index in [1.807, 2.05) is 32.1 Å². The van der Waals surface area contributed by atoms with E-state index < -0.39 is 0 Å². The van der Waals surface area contributed by atoms with Gasteiger partial charge in [-0.2, -0.15) is 0 Å². The van der Waals surface area contributed by atoms with Crippen molar-refractivity contribution in [3.05, 3.63) is 29.5 Å². The minimum absolute atomic E-state index is 0.180. The van der Waals surface area contributed by atoms with Gasteiger partial charge in [0.1, 0.15) is 0 Å². The molecule has 0 bridgehead atoms. The van der Waals surface area contributed by atoms with Crippen LogP contribution in [0.4, 0.5) is 11.8 Å². The molecule has 0 unspecified atom stereocenters. The van der Waals surface area contributed by atoms with Crippen LogP contribution in [0, 0.1) is 0 Å². The molecule has 24 heavy (non-hydrogen) atoms. The Balaban J connectivity index is 0.000000648. The van der Waals surface area contributed by atoms with E-state index in [1.165, 1.54) is 22.5 Å². The molecule has 129 valence electrons. The number of nitrogen functional groups attached to an aromatic ring is 2. The normalized spacial score (nSPS) is 10.1. The van der Waals surface area contributed by atoms with Crippen LogP contribution in [0.5, 0.6) is 11.5 Å². The maximum absolute atomic E-state index is 5.85. The second kappa shape index (κ2) is 9.53. The van der Waals surface area contributed by atoms with Crippen LogP contribution in [-0.2, 0) is 6.42 Å². The van der Waals surface area contributed by atoms with Gasteiger partial charge in [0, 0.05) is 0 Å². The first-order valence-corrected chi connectivity index (χ1v) is 8.65. The molecule has 0 aliphatic carbocycles. The fourth-order valence-corrected chi connectivity index (χ4v) is 3.09. The van der Waals surface area contributed by atoms with Crippen molar-refractivity contribution in [2.24, 2.45) is 0 Å². The Bertz CT molecular complexity index is 677. The molecule has 0 aliphatic heterocycles. The van der Waals surface area contributed by atoms with Crippen LogP contribution in [0.25, 0.3) is 0 Å². The zero-order valence-electron chi connectivity index (χ0n) is 14.8. The summed E-state index contributed by atoms with van der Waals surface area (Å²) in [5, 5.41) is 0. The third kappa shape index (κ3) is 6.04. The summed E-state index contributed by atoms with van der Waals surface area (Å²) in [6.07, 6.45) is 2.27. The van der Waals surface area contributed by atoms with Crippen LogP contribution in [0.15, 0.2) is 18.3 Å². The molecule has 0 amide bonds. The van der Waals surface area contributed by atoms with Crippen molar-refractivity contribution in [3.8, 4) is 11.5 Å². The SMILES string of the molecule is CN(C)C.COc1cc(Cc2cnc(N)nc2N)c[c]([Sn])c1OC. The van der Waals surface area contributed by atoms with Gasteiger partial charge in [-0.25, -0.2) is 0 Å². The van der Waals surface area contributed by atoms with Gasteiger partial charge in [0.2, 0.25) is 0 Å². The predicted octanol–water partition coefficient (Wildman–Crippen LogP) is 0.221. The maximum atomic E-state index is 5.85. The Morgan fingerprint density at radius 2 is 1.75 bits per heavy atom. The average Bonchev–Trinajstić information content (AvgIpc) is 2.49. The molecule has 4 N–H and O–H groups in total. The molecule has 2 rings (SSSR count). The molecule has 0 aliphatic rings. The molecule has 0 atom stereocenters. The van der Waals surface area contributed by atoms with E-state index >= 15 is 0 Å². The summed E-state index contributed by atoms with van der Waals surface area (Å²) in [4.78, 5) is 9.93. The van der Waals surface area contributed by atoms with Gasteiger partial charge >= 0.3 is 130 Å². The molecular weight excluding hydrogens is 413 g/mol. The van der Waals surface area contributed by atoms with Crippen LogP contribution in [0.3, 0.4) is 0 Å². The second-order valence-corrected chi connectivity index (χ2v) is 7.07. The van der Waals surface area contributed by atoms with E-state index in [0.717, 1.165) is 20.5 Å². The van der Waals surface area contributed by atoms with E-state index in [1.54, 1.807) is 20.4 Å². The molecule has 1 heterocycles. The van der Waals surface area contributed by atoms with Gasteiger partial charge in [-0.15, -0.1) is 0 Å². The van der Waals surface area contributed by atoms with Crippen molar-refractivity contribution < 1.29 is 9.47 Å². The van der Waals surface area contributed by atoms with Crippen molar-refractivity contribution in [3.63, 3.8) is 0 Å². The number of hydrogen-bond acceptors (Lipinski definition) is 7. The van der Waals surface area contributed by atoms with Crippen LogP contribution in [0.2, 0.25) is 0 Å². The molecule has 3 radical (unpaired) electrons. The third-order valence-electron chi connectivity index (χ3n) is 2.85. The monoisotopic (exact) mass is 438 g/mol. The van der Waals surface area contributed by atoms with E-state index in [-0.39, 0.29) is 5.95 Å². The Labute approximate surface area is 156 Å². The Morgan fingerprint density at radius 1 is 1.12 bits per heavy atom. The third-order valence-corrected chi connectivity index (χ3v) is 3.91. The molecule has 8 heteroatoms. The number of aromatic nitrogens is 2. The molecule has 0 spiro atoms. The van der Waals surface area contributed by atoms with Gasteiger partial charge in [0.25, 0.3) is 0 Å². The average molecular weight is 437 g/mol. The zero-order valence-corrected chi connectivity index (χ0v) is 17.6. The summed E-state index contributed by atoms with van der Waals surface area (Å²) in [5.41, 5.74) is 13.2. The molecule has 1 aromatic heterocycles. The molecule has 0 saturated heterocycles. The Morgan fingerprint density at radius 3 is 2.25 bits per heavy atom. The number of rotatable bonds is 4.